The number of nitrogens with one attached hydrogen (secondary N) is 1. The summed E-state index contributed by atoms with van der Waals surface area (Å²) in [5, 5.41) is 2.79. The van der Waals surface area contributed by atoms with E-state index in [0.717, 1.165) is 30.7 Å². The number of aromatic nitrogens is 1. The summed E-state index contributed by atoms with van der Waals surface area (Å²) in [5.74, 6) is 0.728. The van der Waals surface area contributed by atoms with E-state index in [2.05, 4.69) is 40.9 Å². The highest BCUT2D eigenvalue weighted by Crippen LogP contribution is 2.35. The van der Waals surface area contributed by atoms with Crippen LogP contribution in [-0.4, -0.2) is 54.6 Å². The van der Waals surface area contributed by atoms with E-state index < -0.39 is 0 Å². The Bertz CT molecular complexity index is 599. The predicted molar refractivity (Wildman–Crippen MR) is 107 cm³/mol. The van der Waals surface area contributed by atoms with Gasteiger partial charge in [0, 0.05) is 32.2 Å². The Morgan fingerprint density at radius 1 is 1.19 bits per heavy atom. The van der Waals surface area contributed by atoms with Crippen LogP contribution in [0.4, 0.5) is 5.69 Å². The minimum Gasteiger partial charge on any atom is -0.370 e. The Labute approximate surface area is 158 Å². The molecule has 3 heterocycles. The van der Waals surface area contributed by atoms with Gasteiger partial charge in [0.25, 0.3) is 5.91 Å². The first-order chi connectivity index (χ1) is 12.4. The van der Waals surface area contributed by atoms with Crippen molar-refractivity contribution in [3.8, 4) is 0 Å². The van der Waals surface area contributed by atoms with Gasteiger partial charge in [-0.1, -0.05) is 20.8 Å². The summed E-state index contributed by atoms with van der Waals surface area (Å²) in [5.41, 5.74) is 2.05. The third kappa shape index (κ3) is 4.37. The highest BCUT2D eigenvalue weighted by atomic mass is 16.1. The summed E-state index contributed by atoms with van der Waals surface area (Å²) in [4.78, 5) is 21.3. The zero-order valence-electron chi connectivity index (χ0n) is 16.8. The molecule has 0 spiro atoms. The van der Waals surface area contributed by atoms with Gasteiger partial charge in [0.1, 0.15) is 5.69 Å². The van der Waals surface area contributed by atoms with Crippen molar-refractivity contribution in [2.24, 2.45) is 11.3 Å². The third-order valence-electron chi connectivity index (χ3n) is 6.11. The van der Waals surface area contributed by atoms with Gasteiger partial charge in [0.15, 0.2) is 0 Å². The van der Waals surface area contributed by atoms with Crippen LogP contribution in [0.5, 0.6) is 0 Å². The lowest BCUT2D eigenvalue weighted by atomic mass is 9.80. The van der Waals surface area contributed by atoms with Crippen LogP contribution in [0.1, 0.15) is 57.4 Å². The van der Waals surface area contributed by atoms with Crippen molar-refractivity contribution in [1.82, 2.24) is 15.2 Å². The first-order valence-electron chi connectivity index (χ1n) is 10.1. The number of hydrogen-bond donors (Lipinski definition) is 1. The van der Waals surface area contributed by atoms with Gasteiger partial charge in [-0.15, -0.1) is 0 Å². The number of pyridine rings is 1. The molecule has 2 aliphatic heterocycles. The summed E-state index contributed by atoms with van der Waals surface area (Å²) in [6.45, 7) is 14.3. The number of piperidine rings is 1. The first-order valence-corrected chi connectivity index (χ1v) is 10.1. The summed E-state index contributed by atoms with van der Waals surface area (Å²) < 4.78 is 0. The lowest BCUT2D eigenvalue weighted by Gasteiger charge is -2.38. The second kappa shape index (κ2) is 7.95. The van der Waals surface area contributed by atoms with Gasteiger partial charge < -0.3 is 10.2 Å². The van der Waals surface area contributed by atoms with Crippen molar-refractivity contribution in [3.63, 3.8) is 0 Å². The number of amides is 1. The van der Waals surface area contributed by atoms with Gasteiger partial charge in [-0.3, -0.25) is 9.69 Å². The standard InChI is InChI=1S/C21H34N4O/c1-5-22-20(26)19-7-6-18(14-23-19)24-12-9-17(10-13-24)25-11-8-16(15-25)21(2,3)4/h6-7,14,16-17H,5,8-13,15H2,1-4H3,(H,22,26). The van der Waals surface area contributed by atoms with Gasteiger partial charge in [-0.05, 0) is 56.2 Å². The topological polar surface area (TPSA) is 48.5 Å². The zero-order valence-corrected chi connectivity index (χ0v) is 16.8. The smallest absolute Gasteiger partial charge is 0.269 e. The molecule has 0 radical (unpaired) electrons. The Hall–Kier alpha value is -1.62. The van der Waals surface area contributed by atoms with Gasteiger partial charge in [0.05, 0.1) is 11.9 Å². The van der Waals surface area contributed by atoms with Crippen molar-refractivity contribution in [2.45, 2.75) is 53.0 Å². The molecule has 26 heavy (non-hydrogen) atoms. The minimum absolute atomic E-state index is 0.0970. The second-order valence-electron chi connectivity index (χ2n) is 8.83. The lowest BCUT2D eigenvalue weighted by Crippen LogP contribution is -2.44. The normalized spacial score (nSPS) is 22.6. The van der Waals surface area contributed by atoms with Gasteiger partial charge >= 0.3 is 0 Å². The van der Waals surface area contributed by atoms with Crippen molar-refractivity contribution in [1.29, 1.82) is 0 Å². The molecule has 1 atom stereocenters. The minimum atomic E-state index is -0.0970. The summed E-state index contributed by atoms with van der Waals surface area (Å²) in [6.07, 6.45) is 5.62. The van der Waals surface area contributed by atoms with E-state index in [0.29, 0.717) is 17.7 Å². The fourth-order valence-electron chi connectivity index (χ4n) is 4.27. The number of nitrogens with zero attached hydrogens (tertiary/aromatic N) is 3. The first kappa shape index (κ1) is 19.2. The van der Waals surface area contributed by atoms with Crippen LogP contribution in [0.25, 0.3) is 0 Å². The van der Waals surface area contributed by atoms with E-state index in [4.69, 9.17) is 0 Å². The molecule has 2 aliphatic rings. The Morgan fingerprint density at radius 2 is 1.92 bits per heavy atom. The number of likely N-dealkylation sites (tertiary alicyclic amines) is 1. The molecule has 0 aromatic carbocycles. The highest BCUT2D eigenvalue weighted by Gasteiger charge is 2.35. The van der Waals surface area contributed by atoms with E-state index in [1.54, 1.807) is 0 Å². The maximum Gasteiger partial charge on any atom is 0.269 e. The fraction of sp³-hybridized carbons (Fsp3) is 0.714. The molecule has 2 saturated heterocycles. The van der Waals surface area contributed by atoms with E-state index >= 15 is 0 Å². The molecule has 0 aliphatic carbocycles. The monoisotopic (exact) mass is 358 g/mol. The molecule has 1 N–H and O–H groups in total. The van der Waals surface area contributed by atoms with E-state index in [-0.39, 0.29) is 5.91 Å². The van der Waals surface area contributed by atoms with Crippen molar-refractivity contribution < 1.29 is 4.79 Å². The molecule has 5 nitrogen and oxygen atoms in total. The third-order valence-corrected chi connectivity index (χ3v) is 6.11. The fourth-order valence-corrected chi connectivity index (χ4v) is 4.27. The molecule has 3 rings (SSSR count). The average molecular weight is 359 g/mol. The van der Waals surface area contributed by atoms with Crippen molar-refractivity contribution in [2.75, 3.05) is 37.6 Å². The van der Waals surface area contributed by atoms with Crippen LogP contribution >= 0.6 is 0 Å². The van der Waals surface area contributed by atoms with Crippen LogP contribution in [0.15, 0.2) is 18.3 Å². The van der Waals surface area contributed by atoms with E-state index in [9.17, 15) is 4.79 Å². The van der Waals surface area contributed by atoms with E-state index in [1.165, 1.54) is 32.4 Å². The summed E-state index contributed by atoms with van der Waals surface area (Å²) >= 11 is 0. The summed E-state index contributed by atoms with van der Waals surface area (Å²) in [6, 6.07) is 4.59. The molecule has 2 fully saturated rings. The van der Waals surface area contributed by atoms with Gasteiger partial charge in [0.2, 0.25) is 0 Å². The molecule has 0 saturated carbocycles. The second-order valence-corrected chi connectivity index (χ2v) is 8.83. The number of carbonyl (C=O) groups is 1. The number of hydrogen-bond acceptors (Lipinski definition) is 4. The number of rotatable bonds is 4. The molecule has 5 heteroatoms. The number of anilines is 1. The molecule has 1 amide bonds. The Morgan fingerprint density at radius 3 is 2.46 bits per heavy atom. The Balaban J connectivity index is 1.52. The molecule has 1 aromatic rings. The van der Waals surface area contributed by atoms with Crippen LogP contribution < -0.4 is 10.2 Å². The quantitative estimate of drug-likeness (QED) is 0.898. The highest BCUT2D eigenvalue weighted by molar-refractivity contribution is 5.92. The molecule has 1 unspecified atom stereocenters. The maximum atomic E-state index is 11.8. The largest absolute Gasteiger partial charge is 0.370 e. The molecular formula is C21H34N4O. The Kier molecular flexibility index (Phi) is 5.86. The molecule has 1 aromatic heterocycles. The molecule has 0 bridgehead atoms. The van der Waals surface area contributed by atoms with E-state index in [1.807, 2.05) is 25.3 Å². The average Bonchev–Trinajstić information content (AvgIpc) is 3.13. The van der Waals surface area contributed by atoms with Crippen LogP contribution in [0.2, 0.25) is 0 Å². The molecular weight excluding hydrogens is 324 g/mol. The number of carbonyl (C=O) groups excluding carboxylic acids is 1. The van der Waals surface area contributed by atoms with Gasteiger partial charge in [-0.25, -0.2) is 4.98 Å². The van der Waals surface area contributed by atoms with Crippen LogP contribution in [0.3, 0.4) is 0 Å². The summed E-state index contributed by atoms with van der Waals surface area (Å²) in [7, 11) is 0. The maximum absolute atomic E-state index is 11.8. The van der Waals surface area contributed by atoms with Crippen molar-refractivity contribution in [3.05, 3.63) is 24.0 Å². The molecule has 144 valence electrons. The van der Waals surface area contributed by atoms with Crippen LogP contribution in [0, 0.1) is 11.3 Å². The van der Waals surface area contributed by atoms with Gasteiger partial charge in [-0.2, -0.15) is 0 Å². The predicted octanol–water partition coefficient (Wildman–Crippen LogP) is 3.17. The zero-order chi connectivity index (χ0) is 18.7. The van der Waals surface area contributed by atoms with Crippen molar-refractivity contribution >= 4 is 11.6 Å². The lowest BCUT2D eigenvalue weighted by molar-refractivity contribution is 0.0951. The van der Waals surface area contributed by atoms with Crippen LogP contribution in [-0.2, 0) is 0 Å². The SMILES string of the molecule is CCNC(=O)c1ccc(N2CCC(N3CCC(C(C)(C)C)C3)CC2)cn1.